The smallest absolute Gasteiger partial charge is 0.129 e. The second-order valence-corrected chi connectivity index (χ2v) is 10.9. The number of rotatable bonds is 2. The summed E-state index contributed by atoms with van der Waals surface area (Å²) in [5.74, 6) is 3.22. The highest BCUT2D eigenvalue weighted by atomic mass is 35.5. The summed E-state index contributed by atoms with van der Waals surface area (Å²) in [5.41, 5.74) is 4.58. The number of benzene rings is 1. The van der Waals surface area contributed by atoms with Crippen LogP contribution < -0.4 is 0 Å². The van der Waals surface area contributed by atoms with Crippen molar-refractivity contribution >= 4 is 19.7 Å². The summed E-state index contributed by atoms with van der Waals surface area (Å²) in [6.45, 7) is 8.69. The van der Waals surface area contributed by atoms with E-state index in [-0.39, 0.29) is 0 Å². The van der Waals surface area contributed by atoms with Crippen molar-refractivity contribution in [2.24, 2.45) is 0 Å². The fourth-order valence-corrected chi connectivity index (χ4v) is 2.27. The molecule has 0 heterocycles. The number of hydrogen-bond donors (Lipinski definition) is 0. The second kappa shape index (κ2) is 5.08. The quantitative estimate of drug-likeness (QED) is 0.421. The number of hydrogen-bond acceptors (Lipinski definition) is 0. The van der Waals surface area contributed by atoms with Crippen molar-refractivity contribution in [2.75, 3.05) is 0 Å². The Labute approximate surface area is 105 Å². The highest BCUT2D eigenvalue weighted by Crippen LogP contribution is 2.20. The molecule has 0 aliphatic carbocycles. The molecule has 0 aliphatic rings. The van der Waals surface area contributed by atoms with Crippen molar-refractivity contribution < 1.29 is 0 Å². The molecule has 0 bridgehead atoms. The lowest BCUT2D eigenvalue weighted by Gasteiger charge is -2.16. The molecule has 0 unspecified atom stereocenters. The van der Waals surface area contributed by atoms with Crippen LogP contribution in [0.4, 0.5) is 0 Å². The molecule has 1 rings (SSSR count). The molecule has 0 amide bonds. The van der Waals surface area contributed by atoms with E-state index in [2.05, 4.69) is 43.2 Å². The van der Waals surface area contributed by atoms with Gasteiger partial charge in [-0.25, -0.2) is 0 Å². The van der Waals surface area contributed by atoms with Gasteiger partial charge >= 0.3 is 0 Å². The fourth-order valence-electron chi connectivity index (χ4n) is 1.34. The van der Waals surface area contributed by atoms with Gasteiger partial charge in [0, 0.05) is 6.42 Å². The van der Waals surface area contributed by atoms with E-state index in [0.29, 0.717) is 0 Å². The van der Waals surface area contributed by atoms with Crippen LogP contribution in [-0.2, 0) is 6.42 Å². The maximum Gasteiger partial charge on any atom is 0.129 e. The third kappa shape index (κ3) is 5.39. The first kappa shape index (κ1) is 13.4. The van der Waals surface area contributed by atoms with Crippen LogP contribution in [0.25, 0.3) is 0 Å². The van der Waals surface area contributed by atoms with Gasteiger partial charge in [-0.15, -0.1) is 17.1 Å². The van der Waals surface area contributed by atoms with E-state index in [9.17, 15) is 0 Å². The summed E-state index contributed by atoms with van der Waals surface area (Å²) in [5, 5.41) is 0. The lowest BCUT2D eigenvalue weighted by molar-refractivity contribution is 0.795. The normalized spacial score (nSPS) is 14.8. The van der Waals surface area contributed by atoms with Gasteiger partial charge in [-0.2, -0.15) is 0 Å². The van der Waals surface area contributed by atoms with Gasteiger partial charge in [0.1, 0.15) is 12.9 Å². The van der Waals surface area contributed by atoms with Crippen LogP contribution in [0, 0.1) is 11.5 Å². The summed E-state index contributed by atoms with van der Waals surface area (Å²) < 4.78 is 0. The first-order chi connectivity index (χ1) is 7.29. The molecule has 0 saturated carbocycles. The van der Waals surface area contributed by atoms with E-state index in [4.69, 9.17) is 11.6 Å². The Bertz CT molecular complexity index is 390. The van der Waals surface area contributed by atoms with Gasteiger partial charge in [0.05, 0.1) is 0 Å². The maximum absolute atomic E-state index is 6.43. The molecule has 16 heavy (non-hydrogen) atoms. The number of alkyl halides is 1. The first-order valence-electron chi connectivity index (χ1n) is 5.56. The van der Waals surface area contributed by atoms with Gasteiger partial charge in [0.2, 0.25) is 0 Å². The molecule has 1 aromatic carbocycles. The molecule has 0 aromatic heterocycles. The zero-order valence-electron chi connectivity index (χ0n) is 10.5. The molecule has 0 spiro atoms. The summed E-state index contributed by atoms with van der Waals surface area (Å²) in [4.78, 5) is -0.443. The van der Waals surface area contributed by atoms with E-state index in [1.807, 2.05) is 25.1 Å². The SMILES string of the molecule is C[C@@](Cl)(C#C[Si](C)(C)C)Cc1ccccc1. The van der Waals surface area contributed by atoms with E-state index in [0.717, 1.165) is 6.42 Å². The van der Waals surface area contributed by atoms with Crippen LogP contribution in [0.5, 0.6) is 0 Å². The number of halogens is 1. The standard InChI is InChI=1S/C14H19ClSi/c1-14(15,10-11-16(2,3)4)12-13-8-6-5-7-9-13/h5-9H,12H2,1-4H3/t14-/m1/s1. The average Bonchev–Trinajstić information content (AvgIpc) is 2.15. The Kier molecular flexibility index (Phi) is 4.24. The van der Waals surface area contributed by atoms with Gasteiger partial charge in [0.25, 0.3) is 0 Å². The van der Waals surface area contributed by atoms with Crippen LogP contribution in [0.2, 0.25) is 19.6 Å². The molecule has 0 saturated heterocycles. The second-order valence-electron chi connectivity index (χ2n) is 5.36. The third-order valence-corrected chi connectivity index (χ3v) is 3.18. The first-order valence-corrected chi connectivity index (χ1v) is 9.43. The van der Waals surface area contributed by atoms with Crippen LogP contribution in [0.1, 0.15) is 12.5 Å². The Morgan fingerprint density at radius 2 is 1.75 bits per heavy atom. The molecule has 2 heteroatoms. The third-order valence-electron chi connectivity index (χ3n) is 2.08. The minimum absolute atomic E-state index is 0.443. The fraction of sp³-hybridized carbons (Fsp3) is 0.429. The van der Waals surface area contributed by atoms with Crippen molar-refractivity contribution in [1.29, 1.82) is 0 Å². The molecule has 1 atom stereocenters. The molecule has 0 nitrogen and oxygen atoms in total. The zero-order chi connectivity index (χ0) is 12.2. The topological polar surface area (TPSA) is 0 Å². The molecule has 86 valence electrons. The van der Waals surface area contributed by atoms with Crippen LogP contribution in [-0.4, -0.2) is 12.9 Å². The summed E-state index contributed by atoms with van der Waals surface area (Å²) in [6, 6.07) is 10.3. The van der Waals surface area contributed by atoms with E-state index in [1.54, 1.807) is 0 Å². The molecule has 0 fully saturated rings. The van der Waals surface area contributed by atoms with Crippen molar-refractivity contribution in [3.8, 4) is 11.5 Å². The largest absolute Gasteiger partial charge is 0.130 e. The molecular weight excluding hydrogens is 232 g/mol. The van der Waals surface area contributed by atoms with Crippen molar-refractivity contribution in [2.45, 2.75) is 37.9 Å². The highest BCUT2D eigenvalue weighted by Gasteiger charge is 2.19. The highest BCUT2D eigenvalue weighted by molar-refractivity contribution is 6.83. The lowest BCUT2D eigenvalue weighted by Crippen LogP contribution is -2.22. The van der Waals surface area contributed by atoms with Gasteiger partial charge in [-0.3, -0.25) is 0 Å². The summed E-state index contributed by atoms with van der Waals surface area (Å²) in [6.07, 6.45) is 0.798. The lowest BCUT2D eigenvalue weighted by atomic mass is 10.0. The summed E-state index contributed by atoms with van der Waals surface area (Å²) in [7, 11) is -1.33. The Morgan fingerprint density at radius 3 is 2.25 bits per heavy atom. The van der Waals surface area contributed by atoms with E-state index < -0.39 is 12.9 Å². The van der Waals surface area contributed by atoms with E-state index >= 15 is 0 Å². The molecular formula is C14H19ClSi. The van der Waals surface area contributed by atoms with E-state index in [1.165, 1.54) is 5.56 Å². The minimum atomic E-state index is -1.33. The van der Waals surface area contributed by atoms with Crippen molar-refractivity contribution in [1.82, 2.24) is 0 Å². The van der Waals surface area contributed by atoms with Crippen LogP contribution in [0.3, 0.4) is 0 Å². The van der Waals surface area contributed by atoms with Gasteiger partial charge in [-0.1, -0.05) is 55.9 Å². The molecule has 0 radical (unpaired) electrons. The van der Waals surface area contributed by atoms with Crippen LogP contribution in [0.15, 0.2) is 30.3 Å². The molecule has 0 N–H and O–H groups in total. The summed E-state index contributed by atoms with van der Waals surface area (Å²) >= 11 is 6.43. The molecule has 1 aromatic rings. The predicted molar refractivity (Wildman–Crippen MR) is 75.5 cm³/mol. The van der Waals surface area contributed by atoms with Crippen molar-refractivity contribution in [3.05, 3.63) is 35.9 Å². The van der Waals surface area contributed by atoms with Crippen molar-refractivity contribution in [3.63, 3.8) is 0 Å². The van der Waals surface area contributed by atoms with Gasteiger partial charge < -0.3 is 0 Å². The van der Waals surface area contributed by atoms with Crippen LogP contribution >= 0.6 is 11.6 Å². The Morgan fingerprint density at radius 1 is 1.19 bits per heavy atom. The monoisotopic (exact) mass is 250 g/mol. The minimum Gasteiger partial charge on any atom is -0.130 e. The molecule has 0 aliphatic heterocycles. The zero-order valence-corrected chi connectivity index (χ0v) is 12.2. The maximum atomic E-state index is 6.43. The Hall–Kier alpha value is -0.713. The van der Waals surface area contributed by atoms with Gasteiger partial charge in [0.15, 0.2) is 0 Å². The average molecular weight is 251 g/mol. The predicted octanol–water partition coefficient (Wildman–Crippen LogP) is 4.11. The Balaban J connectivity index is 2.75. The van der Waals surface area contributed by atoms with Gasteiger partial charge in [-0.05, 0) is 12.5 Å².